The normalized spacial score (nSPS) is 9.38. The first-order valence-corrected chi connectivity index (χ1v) is 2.76. The standard InChI is InChI=1S/C7H9Cl/c1-4-5-6-7(2,3)8/h4H,1H2,2-3H3. The summed E-state index contributed by atoms with van der Waals surface area (Å²) in [6.45, 7) is 7.11. The molecule has 0 heterocycles. The number of rotatable bonds is 0. The Morgan fingerprint density at radius 2 is 2.12 bits per heavy atom. The highest BCUT2D eigenvalue weighted by molar-refractivity contribution is 6.25. The molecule has 0 spiro atoms. The van der Waals surface area contributed by atoms with E-state index < -0.39 is 4.87 Å². The molecule has 0 aliphatic rings. The molecule has 0 rings (SSSR count). The maximum absolute atomic E-state index is 5.69. The van der Waals surface area contributed by atoms with Crippen LogP contribution in [0.25, 0.3) is 0 Å². The lowest BCUT2D eigenvalue weighted by molar-refractivity contribution is 0.917. The summed E-state index contributed by atoms with van der Waals surface area (Å²) in [5.74, 6) is 5.44. The van der Waals surface area contributed by atoms with Crippen molar-refractivity contribution >= 4 is 11.6 Å². The molecule has 0 nitrogen and oxygen atoms in total. The van der Waals surface area contributed by atoms with Crippen LogP contribution in [0.3, 0.4) is 0 Å². The Kier molecular flexibility index (Phi) is 2.65. The molecule has 44 valence electrons. The first kappa shape index (κ1) is 7.59. The first-order valence-electron chi connectivity index (χ1n) is 2.39. The predicted octanol–water partition coefficient (Wildman–Crippen LogP) is 2.19. The Balaban J connectivity index is 3.87. The number of alkyl halides is 1. The summed E-state index contributed by atoms with van der Waals surface area (Å²) in [6, 6.07) is 0. The van der Waals surface area contributed by atoms with Gasteiger partial charge in [0, 0.05) is 0 Å². The van der Waals surface area contributed by atoms with Gasteiger partial charge in [-0.1, -0.05) is 18.4 Å². The second kappa shape index (κ2) is 2.79. The second-order valence-electron chi connectivity index (χ2n) is 1.95. The predicted molar refractivity (Wildman–Crippen MR) is 37.9 cm³/mol. The van der Waals surface area contributed by atoms with Crippen molar-refractivity contribution in [2.24, 2.45) is 0 Å². The van der Waals surface area contributed by atoms with Gasteiger partial charge in [0.05, 0.1) is 4.87 Å². The van der Waals surface area contributed by atoms with Crippen molar-refractivity contribution in [3.8, 4) is 11.8 Å². The fourth-order valence-corrected chi connectivity index (χ4v) is 0.277. The smallest absolute Gasteiger partial charge is 0.0996 e. The van der Waals surface area contributed by atoms with Crippen LogP contribution in [0, 0.1) is 11.8 Å². The maximum Gasteiger partial charge on any atom is 0.0996 e. The highest BCUT2D eigenvalue weighted by Gasteiger charge is 2.05. The average molecular weight is 129 g/mol. The number of allylic oxidation sites excluding steroid dienone is 1. The second-order valence-corrected chi connectivity index (χ2v) is 2.89. The van der Waals surface area contributed by atoms with Crippen LogP contribution < -0.4 is 0 Å². The van der Waals surface area contributed by atoms with Gasteiger partial charge in [-0.05, 0) is 19.9 Å². The van der Waals surface area contributed by atoms with Crippen LogP contribution in [0.4, 0.5) is 0 Å². The van der Waals surface area contributed by atoms with Crippen molar-refractivity contribution in [1.82, 2.24) is 0 Å². The summed E-state index contributed by atoms with van der Waals surface area (Å²) in [5.41, 5.74) is 0. The van der Waals surface area contributed by atoms with E-state index in [2.05, 4.69) is 18.4 Å². The number of hydrogen-bond donors (Lipinski definition) is 0. The van der Waals surface area contributed by atoms with Crippen LogP contribution in [-0.2, 0) is 0 Å². The molecule has 0 amide bonds. The summed E-state index contributed by atoms with van der Waals surface area (Å²) in [5, 5.41) is 0. The van der Waals surface area contributed by atoms with E-state index in [1.54, 1.807) is 0 Å². The van der Waals surface area contributed by atoms with Crippen molar-refractivity contribution in [2.45, 2.75) is 18.7 Å². The van der Waals surface area contributed by atoms with Gasteiger partial charge in [-0.3, -0.25) is 0 Å². The lowest BCUT2D eigenvalue weighted by atomic mass is 10.2. The maximum atomic E-state index is 5.69. The van der Waals surface area contributed by atoms with Gasteiger partial charge in [0.15, 0.2) is 0 Å². The van der Waals surface area contributed by atoms with Gasteiger partial charge in [0.2, 0.25) is 0 Å². The third kappa shape index (κ3) is 5.59. The molecule has 0 fully saturated rings. The molecular formula is C7H9Cl. The van der Waals surface area contributed by atoms with E-state index in [-0.39, 0.29) is 0 Å². The van der Waals surface area contributed by atoms with Gasteiger partial charge >= 0.3 is 0 Å². The summed E-state index contributed by atoms with van der Waals surface area (Å²) < 4.78 is 0. The summed E-state index contributed by atoms with van der Waals surface area (Å²) in [7, 11) is 0. The van der Waals surface area contributed by atoms with E-state index in [4.69, 9.17) is 11.6 Å². The topological polar surface area (TPSA) is 0 Å². The van der Waals surface area contributed by atoms with E-state index in [1.165, 1.54) is 6.08 Å². The monoisotopic (exact) mass is 128 g/mol. The number of halogens is 1. The molecule has 1 heteroatoms. The SMILES string of the molecule is C=CC#CC(C)(C)Cl. The largest absolute Gasteiger partial charge is 0.106 e. The van der Waals surface area contributed by atoms with Crippen molar-refractivity contribution in [3.63, 3.8) is 0 Å². The summed E-state index contributed by atoms with van der Waals surface area (Å²) >= 11 is 5.69. The van der Waals surface area contributed by atoms with Crippen molar-refractivity contribution in [1.29, 1.82) is 0 Å². The highest BCUT2D eigenvalue weighted by Crippen LogP contribution is 2.09. The third-order valence-electron chi connectivity index (χ3n) is 0.471. The van der Waals surface area contributed by atoms with Crippen LogP contribution in [0.1, 0.15) is 13.8 Å². The molecule has 0 aromatic heterocycles. The Bertz CT molecular complexity index is 129. The third-order valence-corrected chi connectivity index (χ3v) is 0.566. The van der Waals surface area contributed by atoms with Gasteiger partial charge in [0.1, 0.15) is 0 Å². The summed E-state index contributed by atoms with van der Waals surface area (Å²) in [6.07, 6.45) is 1.53. The van der Waals surface area contributed by atoms with Gasteiger partial charge in [-0.2, -0.15) is 0 Å². The molecule has 0 N–H and O–H groups in total. The molecule has 0 saturated carbocycles. The van der Waals surface area contributed by atoms with Crippen LogP contribution >= 0.6 is 11.6 Å². The van der Waals surface area contributed by atoms with Crippen LogP contribution in [-0.4, -0.2) is 4.87 Å². The van der Waals surface area contributed by atoms with E-state index in [0.29, 0.717) is 0 Å². The van der Waals surface area contributed by atoms with E-state index in [9.17, 15) is 0 Å². The molecule has 0 aromatic rings. The van der Waals surface area contributed by atoms with Crippen LogP contribution in [0.15, 0.2) is 12.7 Å². The van der Waals surface area contributed by atoms with Crippen molar-refractivity contribution < 1.29 is 0 Å². The van der Waals surface area contributed by atoms with Gasteiger partial charge in [0.25, 0.3) is 0 Å². The zero-order chi connectivity index (χ0) is 6.62. The minimum atomic E-state index is -0.409. The van der Waals surface area contributed by atoms with Crippen molar-refractivity contribution in [3.05, 3.63) is 12.7 Å². The molecule has 0 atom stereocenters. The average Bonchev–Trinajstić information content (AvgIpc) is 1.59. The van der Waals surface area contributed by atoms with Gasteiger partial charge in [-0.15, -0.1) is 11.6 Å². The van der Waals surface area contributed by atoms with Crippen molar-refractivity contribution in [2.75, 3.05) is 0 Å². The van der Waals surface area contributed by atoms with E-state index >= 15 is 0 Å². The van der Waals surface area contributed by atoms with Crippen LogP contribution in [0.5, 0.6) is 0 Å². The minimum Gasteiger partial charge on any atom is -0.106 e. The molecule has 0 bridgehead atoms. The molecular weight excluding hydrogens is 120 g/mol. The van der Waals surface area contributed by atoms with Crippen LogP contribution in [0.2, 0.25) is 0 Å². The molecule has 0 aliphatic carbocycles. The van der Waals surface area contributed by atoms with E-state index in [0.717, 1.165) is 0 Å². The number of hydrogen-bond acceptors (Lipinski definition) is 0. The molecule has 0 aliphatic heterocycles. The van der Waals surface area contributed by atoms with Gasteiger partial charge < -0.3 is 0 Å². The molecule has 8 heavy (non-hydrogen) atoms. The Morgan fingerprint density at radius 1 is 1.62 bits per heavy atom. The van der Waals surface area contributed by atoms with E-state index in [1.807, 2.05) is 13.8 Å². The molecule has 0 unspecified atom stereocenters. The lowest BCUT2D eigenvalue weighted by Gasteiger charge is -2.02. The fraction of sp³-hybridized carbons (Fsp3) is 0.429. The Morgan fingerprint density at radius 3 is 2.25 bits per heavy atom. The van der Waals surface area contributed by atoms with Gasteiger partial charge in [-0.25, -0.2) is 0 Å². The lowest BCUT2D eigenvalue weighted by Crippen LogP contribution is -2.04. The molecule has 0 aromatic carbocycles. The minimum absolute atomic E-state index is 0.409. The first-order chi connectivity index (χ1) is 3.56. The summed E-state index contributed by atoms with van der Waals surface area (Å²) in [4.78, 5) is -0.409. The molecule has 0 saturated heterocycles. The fourth-order valence-electron chi connectivity index (χ4n) is 0.223. The molecule has 0 radical (unpaired) electrons. The zero-order valence-electron chi connectivity index (χ0n) is 5.16. The highest BCUT2D eigenvalue weighted by atomic mass is 35.5. The zero-order valence-corrected chi connectivity index (χ0v) is 5.92. The Hall–Kier alpha value is -0.410. The Labute approximate surface area is 55.5 Å². The quantitative estimate of drug-likeness (QED) is 0.347.